The van der Waals surface area contributed by atoms with E-state index in [0.29, 0.717) is 24.2 Å². The van der Waals surface area contributed by atoms with E-state index in [1.165, 1.54) is 0 Å². The standard InChI is InChI=1S/C14H12N2O2/c1-16(9-13-6-7-14(10-17)18-13)12-4-2-11(8-15)3-5-12/h2-7,10H,9H2,1H3. The van der Waals surface area contributed by atoms with Crippen molar-refractivity contribution in [2.24, 2.45) is 0 Å². The highest BCUT2D eigenvalue weighted by Crippen LogP contribution is 2.17. The Bertz CT molecular complexity index is 579. The molecule has 0 spiro atoms. The van der Waals surface area contributed by atoms with Crippen molar-refractivity contribution in [2.45, 2.75) is 6.54 Å². The third-order valence-electron chi connectivity index (χ3n) is 2.63. The fourth-order valence-electron chi connectivity index (χ4n) is 1.66. The lowest BCUT2D eigenvalue weighted by atomic mass is 10.2. The number of nitriles is 1. The second-order valence-electron chi connectivity index (χ2n) is 3.94. The van der Waals surface area contributed by atoms with Gasteiger partial charge in [-0.2, -0.15) is 5.26 Å². The fourth-order valence-corrected chi connectivity index (χ4v) is 1.66. The summed E-state index contributed by atoms with van der Waals surface area (Å²) in [4.78, 5) is 12.5. The Balaban J connectivity index is 2.08. The molecule has 90 valence electrons. The van der Waals surface area contributed by atoms with Crippen LogP contribution in [0.1, 0.15) is 21.9 Å². The molecule has 1 aromatic heterocycles. The average molecular weight is 240 g/mol. The topological polar surface area (TPSA) is 57.2 Å². The summed E-state index contributed by atoms with van der Waals surface area (Å²) < 4.78 is 5.31. The molecule has 0 atom stereocenters. The number of anilines is 1. The van der Waals surface area contributed by atoms with Gasteiger partial charge in [0.1, 0.15) is 5.76 Å². The first-order valence-electron chi connectivity index (χ1n) is 5.48. The number of aldehydes is 1. The normalized spacial score (nSPS) is 9.78. The lowest BCUT2D eigenvalue weighted by Gasteiger charge is -2.17. The molecule has 0 saturated carbocycles. The molecule has 0 amide bonds. The summed E-state index contributed by atoms with van der Waals surface area (Å²) in [6.07, 6.45) is 0.686. The van der Waals surface area contributed by atoms with Gasteiger partial charge in [0.15, 0.2) is 12.0 Å². The molecule has 1 aromatic carbocycles. The van der Waals surface area contributed by atoms with E-state index < -0.39 is 0 Å². The number of carbonyl (C=O) groups is 1. The van der Waals surface area contributed by atoms with Crippen molar-refractivity contribution < 1.29 is 9.21 Å². The van der Waals surface area contributed by atoms with Crippen LogP contribution >= 0.6 is 0 Å². The summed E-state index contributed by atoms with van der Waals surface area (Å²) in [5.41, 5.74) is 1.62. The molecule has 0 aliphatic heterocycles. The minimum Gasteiger partial charge on any atom is -0.456 e. The van der Waals surface area contributed by atoms with Crippen LogP contribution < -0.4 is 4.90 Å². The van der Waals surface area contributed by atoms with Gasteiger partial charge in [-0.3, -0.25) is 4.79 Å². The maximum Gasteiger partial charge on any atom is 0.185 e. The number of hydrogen-bond acceptors (Lipinski definition) is 4. The van der Waals surface area contributed by atoms with Crippen LogP contribution in [0.15, 0.2) is 40.8 Å². The minimum atomic E-state index is 0.332. The molecule has 2 aromatic rings. The van der Waals surface area contributed by atoms with Crippen LogP contribution in [-0.2, 0) is 6.54 Å². The second kappa shape index (κ2) is 5.19. The maximum absolute atomic E-state index is 10.5. The molecule has 0 bridgehead atoms. The second-order valence-corrected chi connectivity index (χ2v) is 3.94. The van der Waals surface area contributed by atoms with Gasteiger partial charge >= 0.3 is 0 Å². The highest BCUT2D eigenvalue weighted by atomic mass is 16.3. The molecule has 0 N–H and O–H groups in total. The molecule has 0 aliphatic carbocycles. The number of carbonyl (C=O) groups excluding carboxylic acids is 1. The first kappa shape index (κ1) is 11.9. The van der Waals surface area contributed by atoms with Gasteiger partial charge in [-0.05, 0) is 36.4 Å². The Labute approximate surface area is 105 Å². The zero-order chi connectivity index (χ0) is 13.0. The van der Waals surface area contributed by atoms with Gasteiger partial charge in [0.05, 0.1) is 18.2 Å². The molecule has 0 fully saturated rings. The Hall–Kier alpha value is -2.54. The number of hydrogen-bond donors (Lipinski definition) is 0. The van der Waals surface area contributed by atoms with Crippen molar-refractivity contribution in [1.29, 1.82) is 5.26 Å². The average Bonchev–Trinajstić information content (AvgIpc) is 2.86. The Kier molecular flexibility index (Phi) is 3.44. The fraction of sp³-hybridized carbons (Fsp3) is 0.143. The quantitative estimate of drug-likeness (QED) is 0.771. The first-order valence-corrected chi connectivity index (χ1v) is 5.48. The highest BCUT2D eigenvalue weighted by Gasteiger charge is 2.06. The molecule has 4 heteroatoms. The van der Waals surface area contributed by atoms with Crippen LogP contribution in [0, 0.1) is 11.3 Å². The van der Waals surface area contributed by atoms with Crippen molar-refractivity contribution in [3.05, 3.63) is 53.5 Å². The van der Waals surface area contributed by atoms with Crippen LogP contribution in [0.25, 0.3) is 0 Å². The van der Waals surface area contributed by atoms with Gasteiger partial charge in [0, 0.05) is 12.7 Å². The molecule has 1 heterocycles. The smallest absolute Gasteiger partial charge is 0.185 e. The molecule has 0 radical (unpaired) electrons. The van der Waals surface area contributed by atoms with Crippen molar-refractivity contribution in [3.63, 3.8) is 0 Å². The highest BCUT2D eigenvalue weighted by molar-refractivity contribution is 5.70. The lowest BCUT2D eigenvalue weighted by molar-refractivity contribution is 0.109. The lowest BCUT2D eigenvalue weighted by Crippen LogP contribution is -2.15. The SMILES string of the molecule is CN(Cc1ccc(C=O)o1)c1ccc(C#N)cc1. The predicted molar refractivity (Wildman–Crippen MR) is 67.4 cm³/mol. The predicted octanol–water partition coefficient (Wildman–Crippen LogP) is 2.60. The van der Waals surface area contributed by atoms with E-state index in [2.05, 4.69) is 6.07 Å². The Morgan fingerprint density at radius 2 is 2.00 bits per heavy atom. The molecular formula is C14H12N2O2. The van der Waals surface area contributed by atoms with E-state index in [4.69, 9.17) is 9.68 Å². The van der Waals surface area contributed by atoms with E-state index in [1.54, 1.807) is 24.3 Å². The first-order chi connectivity index (χ1) is 8.72. The maximum atomic E-state index is 10.5. The summed E-state index contributed by atoms with van der Waals surface area (Å²) in [7, 11) is 1.92. The van der Waals surface area contributed by atoms with Gasteiger partial charge in [-0.25, -0.2) is 0 Å². The van der Waals surface area contributed by atoms with Crippen LogP contribution in [-0.4, -0.2) is 13.3 Å². The largest absolute Gasteiger partial charge is 0.456 e. The van der Waals surface area contributed by atoms with Crippen LogP contribution in [0.4, 0.5) is 5.69 Å². The molecule has 0 unspecified atom stereocenters. The number of benzene rings is 1. The van der Waals surface area contributed by atoms with E-state index in [-0.39, 0.29) is 0 Å². The zero-order valence-corrected chi connectivity index (χ0v) is 9.96. The van der Waals surface area contributed by atoms with Gasteiger partial charge in [0.2, 0.25) is 0 Å². The van der Waals surface area contributed by atoms with E-state index in [9.17, 15) is 4.79 Å². The third kappa shape index (κ3) is 2.58. The molecule has 2 rings (SSSR count). The monoisotopic (exact) mass is 240 g/mol. The van der Waals surface area contributed by atoms with Crippen molar-refractivity contribution >= 4 is 12.0 Å². The number of nitrogens with zero attached hydrogens (tertiary/aromatic N) is 2. The van der Waals surface area contributed by atoms with Crippen molar-refractivity contribution in [2.75, 3.05) is 11.9 Å². The number of furan rings is 1. The zero-order valence-electron chi connectivity index (χ0n) is 9.96. The minimum absolute atomic E-state index is 0.332. The van der Waals surface area contributed by atoms with Crippen molar-refractivity contribution in [3.8, 4) is 6.07 Å². The van der Waals surface area contributed by atoms with Gasteiger partial charge in [-0.1, -0.05) is 0 Å². The summed E-state index contributed by atoms with van der Waals surface area (Å²) in [6, 6.07) is 12.8. The molecular weight excluding hydrogens is 228 g/mol. The number of rotatable bonds is 4. The Morgan fingerprint density at radius 1 is 1.28 bits per heavy atom. The summed E-state index contributed by atoms with van der Waals surface area (Å²) in [6.45, 7) is 0.569. The molecule has 18 heavy (non-hydrogen) atoms. The van der Waals surface area contributed by atoms with Crippen LogP contribution in [0.3, 0.4) is 0 Å². The molecule has 0 saturated heterocycles. The van der Waals surface area contributed by atoms with Crippen molar-refractivity contribution in [1.82, 2.24) is 0 Å². The summed E-state index contributed by atoms with van der Waals surface area (Å²) >= 11 is 0. The Morgan fingerprint density at radius 3 is 2.56 bits per heavy atom. The van der Waals surface area contributed by atoms with E-state index >= 15 is 0 Å². The van der Waals surface area contributed by atoms with Crippen LogP contribution in [0.2, 0.25) is 0 Å². The van der Waals surface area contributed by atoms with Gasteiger partial charge in [-0.15, -0.1) is 0 Å². The van der Waals surface area contributed by atoms with E-state index in [1.807, 2.05) is 24.1 Å². The summed E-state index contributed by atoms with van der Waals surface area (Å²) in [5.74, 6) is 1.06. The van der Waals surface area contributed by atoms with Gasteiger partial charge < -0.3 is 9.32 Å². The van der Waals surface area contributed by atoms with E-state index in [0.717, 1.165) is 11.4 Å². The molecule has 0 aliphatic rings. The van der Waals surface area contributed by atoms with Crippen LogP contribution in [0.5, 0.6) is 0 Å². The third-order valence-corrected chi connectivity index (χ3v) is 2.63. The molecule has 4 nitrogen and oxygen atoms in total. The summed E-state index contributed by atoms with van der Waals surface area (Å²) in [5, 5.41) is 8.72. The van der Waals surface area contributed by atoms with Gasteiger partial charge in [0.25, 0.3) is 0 Å².